The van der Waals surface area contributed by atoms with Crippen LogP contribution in [0.1, 0.15) is 35.6 Å². The first-order valence-corrected chi connectivity index (χ1v) is 8.34. The van der Waals surface area contributed by atoms with Crippen molar-refractivity contribution in [3.63, 3.8) is 0 Å². The van der Waals surface area contributed by atoms with Crippen molar-refractivity contribution in [1.29, 1.82) is 0 Å². The van der Waals surface area contributed by atoms with Crippen LogP contribution >= 0.6 is 0 Å². The predicted octanol–water partition coefficient (Wildman–Crippen LogP) is 3.11. The molecule has 1 aromatic heterocycles. The first kappa shape index (κ1) is 16.5. The molecule has 1 aromatic carbocycles. The molecule has 1 aliphatic heterocycles. The molecule has 0 saturated carbocycles. The summed E-state index contributed by atoms with van der Waals surface area (Å²) in [6, 6.07) is 11.9. The van der Waals surface area contributed by atoms with Gasteiger partial charge in [-0.15, -0.1) is 0 Å². The van der Waals surface area contributed by atoms with Gasteiger partial charge in [0.25, 0.3) is 0 Å². The molecule has 1 fully saturated rings. The molecule has 2 atom stereocenters. The SMILES string of the molecule is Cc1ccc([C@@H]2OCCC[C@@H]2NC(=O)NCc2cccnc2)cc1. The van der Waals surface area contributed by atoms with Gasteiger partial charge in [-0.2, -0.15) is 0 Å². The minimum atomic E-state index is -0.175. The Morgan fingerprint density at radius 2 is 2.12 bits per heavy atom. The molecule has 2 heterocycles. The molecule has 0 unspecified atom stereocenters. The number of carbonyl (C=O) groups is 1. The Hall–Kier alpha value is -2.40. The number of hydrogen-bond acceptors (Lipinski definition) is 3. The van der Waals surface area contributed by atoms with Gasteiger partial charge in [-0.3, -0.25) is 4.98 Å². The smallest absolute Gasteiger partial charge is 0.315 e. The second-order valence-electron chi connectivity index (χ2n) is 6.14. The average Bonchev–Trinajstić information content (AvgIpc) is 2.62. The second-order valence-corrected chi connectivity index (χ2v) is 6.14. The van der Waals surface area contributed by atoms with Crippen molar-refractivity contribution < 1.29 is 9.53 Å². The Morgan fingerprint density at radius 3 is 2.88 bits per heavy atom. The summed E-state index contributed by atoms with van der Waals surface area (Å²) in [6.07, 6.45) is 5.24. The van der Waals surface area contributed by atoms with Crippen LogP contribution in [0.5, 0.6) is 0 Å². The molecule has 0 aliphatic carbocycles. The van der Waals surface area contributed by atoms with Crippen LogP contribution in [0, 0.1) is 6.92 Å². The summed E-state index contributed by atoms with van der Waals surface area (Å²) >= 11 is 0. The second kappa shape index (κ2) is 7.93. The van der Waals surface area contributed by atoms with Crippen molar-refractivity contribution >= 4 is 6.03 Å². The van der Waals surface area contributed by atoms with Crippen molar-refractivity contribution in [1.82, 2.24) is 15.6 Å². The van der Waals surface area contributed by atoms with Gasteiger partial charge in [-0.05, 0) is 37.0 Å². The van der Waals surface area contributed by atoms with E-state index in [0.29, 0.717) is 6.54 Å². The third kappa shape index (κ3) is 4.32. The maximum Gasteiger partial charge on any atom is 0.315 e. The molecule has 24 heavy (non-hydrogen) atoms. The number of hydrogen-bond donors (Lipinski definition) is 2. The zero-order valence-electron chi connectivity index (χ0n) is 13.9. The highest BCUT2D eigenvalue weighted by Crippen LogP contribution is 2.28. The van der Waals surface area contributed by atoms with E-state index in [-0.39, 0.29) is 18.2 Å². The summed E-state index contributed by atoms with van der Waals surface area (Å²) in [6.45, 7) is 3.25. The van der Waals surface area contributed by atoms with Gasteiger partial charge >= 0.3 is 6.03 Å². The van der Waals surface area contributed by atoms with E-state index >= 15 is 0 Å². The molecule has 2 N–H and O–H groups in total. The molecule has 1 saturated heterocycles. The maximum absolute atomic E-state index is 12.2. The first-order valence-electron chi connectivity index (χ1n) is 8.34. The third-order valence-electron chi connectivity index (χ3n) is 4.22. The van der Waals surface area contributed by atoms with E-state index in [1.807, 2.05) is 12.1 Å². The summed E-state index contributed by atoms with van der Waals surface area (Å²) in [5.74, 6) is 0. The molecular weight excluding hydrogens is 302 g/mol. The van der Waals surface area contributed by atoms with E-state index in [2.05, 4.69) is 46.8 Å². The molecule has 1 aliphatic rings. The first-order chi connectivity index (χ1) is 11.7. The fourth-order valence-electron chi connectivity index (χ4n) is 2.92. The van der Waals surface area contributed by atoms with E-state index in [4.69, 9.17) is 4.74 Å². The number of carbonyl (C=O) groups excluding carboxylic acids is 1. The highest BCUT2D eigenvalue weighted by Gasteiger charge is 2.28. The van der Waals surface area contributed by atoms with Crippen molar-refractivity contribution in [3.05, 3.63) is 65.5 Å². The van der Waals surface area contributed by atoms with Crippen LogP contribution < -0.4 is 10.6 Å². The lowest BCUT2D eigenvalue weighted by Gasteiger charge is -2.32. The van der Waals surface area contributed by atoms with Crippen molar-refractivity contribution in [3.8, 4) is 0 Å². The van der Waals surface area contributed by atoms with Crippen molar-refractivity contribution in [2.24, 2.45) is 0 Å². The molecule has 3 rings (SSSR count). The Morgan fingerprint density at radius 1 is 1.29 bits per heavy atom. The van der Waals surface area contributed by atoms with E-state index in [1.165, 1.54) is 5.56 Å². The molecule has 2 amide bonds. The van der Waals surface area contributed by atoms with Gasteiger partial charge in [0.05, 0.1) is 6.04 Å². The molecule has 126 valence electrons. The van der Waals surface area contributed by atoms with Crippen LogP contribution in [-0.2, 0) is 11.3 Å². The number of nitrogens with zero attached hydrogens (tertiary/aromatic N) is 1. The Balaban J connectivity index is 1.59. The van der Waals surface area contributed by atoms with Gasteiger partial charge in [-0.1, -0.05) is 35.9 Å². The zero-order valence-corrected chi connectivity index (χ0v) is 13.9. The summed E-state index contributed by atoms with van der Waals surface area (Å²) in [5.41, 5.74) is 3.30. The van der Waals surface area contributed by atoms with Gasteiger partial charge in [0, 0.05) is 25.5 Å². The summed E-state index contributed by atoms with van der Waals surface area (Å²) in [4.78, 5) is 16.3. The molecule has 2 aromatic rings. The van der Waals surface area contributed by atoms with Crippen LogP contribution in [0.15, 0.2) is 48.8 Å². The molecule has 5 heteroatoms. The van der Waals surface area contributed by atoms with Crippen molar-refractivity contribution in [2.45, 2.75) is 38.5 Å². The quantitative estimate of drug-likeness (QED) is 0.908. The lowest BCUT2D eigenvalue weighted by atomic mass is 9.95. The van der Waals surface area contributed by atoms with E-state index < -0.39 is 0 Å². The van der Waals surface area contributed by atoms with Gasteiger partial charge in [-0.25, -0.2) is 4.79 Å². The van der Waals surface area contributed by atoms with Gasteiger partial charge in [0.15, 0.2) is 0 Å². The van der Waals surface area contributed by atoms with Gasteiger partial charge < -0.3 is 15.4 Å². The molecule has 0 spiro atoms. The number of urea groups is 1. The standard InChI is InChI=1S/C19H23N3O2/c1-14-6-8-16(9-7-14)18-17(5-3-11-24-18)22-19(23)21-13-15-4-2-10-20-12-15/h2,4,6-10,12,17-18H,3,5,11,13H2,1H3,(H2,21,22,23)/t17-,18-/m0/s1. The summed E-state index contributed by atoms with van der Waals surface area (Å²) < 4.78 is 5.93. The van der Waals surface area contributed by atoms with E-state index in [9.17, 15) is 4.79 Å². The number of benzene rings is 1. The average molecular weight is 325 g/mol. The molecule has 0 bridgehead atoms. The Labute approximate surface area is 142 Å². The van der Waals surface area contributed by atoms with Gasteiger partial charge in [0.1, 0.15) is 6.10 Å². The van der Waals surface area contributed by atoms with Gasteiger partial charge in [0.2, 0.25) is 0 Å². The predicted molar refractivity (Wildman–Crippen MR) is 92.5 cm³/mol. The minimum Gasteiger partial charge on any atom is -0.371 e. The van der Waals surface area contributed by atoms with Crippen LogP contribution in [-0.4, -0.2) is 23.7 Å². The van der Waals surface area contributed by atoms with Crippen LogP contribution in [0.25, 0.3) is 0 Å². The molecule has 0 radical (unpaired) electrons. The fraction of sp³-hybridized carbons (Fsp3) is 0.368. The van der Waals surface area contributed by atoms with E-state index in [1.54, 1.807) is 12.4 Å². The lowest BCUT2D eigenvalue weighted by molar-refractivity contribution is -0.00743. The number of pyridine rings is 1. The molecule has 5 nitrogen and oxygen atoms in total. The number of aromatic nitrogens is 1. The summed E-state index contributed by atoms with van der Waals surface area (Å²) in [5, 5.41) is 5.94. The van der Waals surface area contributed by atoms with Crippen LogP contribution in [0.2, 0.25) is 0 Å². The topological polar surface area (TPSA) is 63.2 Å². The largest absolute Gasteiger partial charge is 0.371 e. The Bertz CT molecular complexity index is 658. The third-order valence-corrected chi connectivity index (χ3v) is 4.22. The fourth-order valence-corrected chi connectivity index (χ4v) is 2.92. The van der Waals surface area contributed by atoms with Crippen LogP contribution in [0.4, 0.5) is 4.79 Å². The highest BCUT2D eigenvalue weighted by atomic mass is 16.5. The number of ether oxygens (including phenoxy) is 1. The zero-order chi connectivity index (χ0) is 16.8. The monoisotopic (exact) mass is 325 g/mol. The minimum absolute atomic E-state index is 0.0182. The number of amides is 2. The molecular formula is C19H23N3O2. The van der Waals surface area contributed by atoms with Crippen LogP contribution in [0.3, 0.4) is 0 Å². The maximum atomic E-state index is 12.2. The van der Waals surface area contributed by atoms with E-state index in [0.717, 1.165) is 30.6 Å². The van der Waals surface area contributed by atoms with Crippen molar-refractivity contribution in [2.75, 3.05) is 6.61 Å². The highest BCUT2D eigenvalue weighted by molar-refractivity contribution is 5.74. The number of nitrogens with one attached hydrogen (secondary N) is 2. The summed E-state index contributed by atoms with van der Waals surface area (Å²) in [7, 11) is 0. The normalized spacial score (nSPS) is 20.4. The Kier molecular flexibility index (Phi) is 5.43. The number of rotatable bonds is 4. The number of aryl methyl sites for hydroxylation is 1. The lowest BCUT2D eigenvalue weighted by Crippen LogP contribution is -2.46.